The minimum absolute atomic E-state index is 0.540. The maximum absolute atomic E-state index is 5.67. The van der Waals surface area contributed by atoms with Crippen LogP contribution >= 0.6 is 11.8 Å². The van der Waals surface area contributed by atoms with E-state index in [1.807, 2.05) is 36.0 Å². The minimum Gasteiger partial charge on any atom is -0.492 e. The van der Waals surface area contributed by atoms with Crippen molar-refractivity contribution in [1.29, 1.82) is 0 Å². The molecule has 3 heteroatoms. The lowest BCUT2D eigenvalue weighted by molar-refractivity contribution is 0.340. The Morgan fingerprint density at radius 2 is 2.07 bits per heavy atom. The molecule has 1 rings (SSSR count). The fourth-order valence-corrected chi connectivity index (χ4v) is 1.96. The average molecular weight is 225 g/mol. The van der Waals surface area contributed by atoms with Gasteiger partial charge in [0.15, 0.2) is 0 Å². The van der Waals surface area contributed by atoms with Crippen LogP contribution in [-0.4, -0.2) is 18.1 Å². The zero-order valence-electron chi connectivity index (χ0n) is 9.24. The van der Waals surface area contributed by atoms with Crippen LogP contribution < -0.4 is 10.5 Å². The van der Waals surface area contributed by atoms with Crippen LogP contribution in [0.25, 0.3) is 0 Å². The van der Waals surface area contributed by atoms with Gasteiger partial charge in [0.25, 0.3) is 0 Å². The molecule has 0 aliphatic heterocycles. The summed E-state index contributed by atoms with van der Waals surface area (Å²) in [6.07, 6.45) is 1.23. The molecule has 2 nitrogen and oxygen atoms in total. The normalized spacial score (nSPS) is 10.3. The molecule has 0 saturated heterocycles. The van der Waals surface area contributed by atoms with E-state index in [2.05, 4.69) is 6.92 Å². The van der Waals surface area contributed by atoms with E-state index in [1.54, 1.807) is 0 Å². The van der Waals surface area contributed by atoms with Crippen LogP contribution in [0.4, 0.5) is 0 Å². The maximum atomic E-state index is 5.67. The van der Waals surface area contributed by atoms with E-state index in [0.29, 0.717) is 6.54 Å². The van der Waals surface area contributed by atoms with Gasteiger partial charge in [0, 0.05) is 17.9 Å². The van der Waals surface area contributed by atoms with E-state index in [-0.39, 0.29) is 0 Å². The molecule has 84 valence electrons. The van der Waals surface area contributed by atoms with Gasteiger partial charge in [-0.1, -0.05) is 25.1 Å². The largest absolute Gasteiger partial charge is 0.492 e. The summed E-state index contributed by atoms with van der Waals surface area (Å²) in [5.41, 5.74) is 6.70. The van der Waals surface area contributed by atoms with E-state index < -0.39 is 0 Å². The SMILES string of the molecule is CCCSCCOc1ccccc1CN. The van der Waals surface area contributed by atoms with Gasteiger partial charge < -0.3 is 10.5 Å². The number of rotatable bonds is 7. The van der Waals surface area contributed by atoms with Gasteiger partial charge in [-0.2, -0.15) is 11.8 Å². The van der Waals surface area contributed by atoms with Crippen LogP contribution in [0.3, 0.4) is 0 Å². The summed E-state index contributed by atoms with van der Waals surface area (Å²) in [5.74, 6) is 3.19. The second kappa shape index (κ2) is 7.60. The Balaban J connectivity index is 2.30. The summed E-state index contributed by atoms with van der Waals surface area (Å²) in [6, 6.07) is 7.95. The van der Waals surface area contributed by atoms with Gasteiger partial charge in [-0.25, -0.2) is 0 Å². The first kappa shape index (κ1) is 12.4. The zero-order valence-corrected chi connectivity index (χ0v) is 10.1. The van der Waals surface area contributed by atoms with Crippen molar-refractivity contribution in [2.45, 2.75) is 19.9 Å². The summed E-state index contributed by atoms with van der Waals surface area (Å²) in [5, 5.41) is 0. The molecule has 0 spiro atoms. The minimum atomic E-state index is 0.540. The monoisotopic (exact) mass is 225 g/mol. The number of ether oxygens (including phenoxy) is 1. The molecule has 0 bridgehead atoms. The summed E-state index contributed by atoms with van der Waals surface area (Å²) in [7, 11) is 0. The molecule has 2 N–H and O–H groups in total. The third-order valence-corrected chi connectivity index (χ3v) is 3.18. The number of benzene rings is 1. The van der Waals surface area contributed by atoms with Crippen LogP contribution in [0.1, 0.15) is 18.9 Å². The first-order valence-electron chi connectivity index (χ1n) is 5.37. The fourth-order valence-electron chi connectivity index (χ4n) is 1.27. The highest BCUT2D eigenvalue weighted by Gasteiger charge is 1.99. The summed E-state index contributed by atoms with van der Waals surface area (Å²) < 4.78 is 5.67. The molecule has 0 radical (unpaired) electrons. The second-order valence-electron chi connectivity index (χ2n) is 3.27. The van der Waals surface area contributed by atoms with Gasteiger partial charge in [0.2, 0.25) is 0 Å². The molecule has 1 aromatic rings. The molecular formula is C12H19NOS. The predicted octanol–water partition coefficient (Wildman–Crippen LogP) is 2.67. The molecule has 15 heavy (non-hydrogen) atoms. The van der Waals surface area contributed by atoms with Crippen LogP contribution in [0.2, 0.25) is 0 Å². The van der Waals surface area contributed by atoms with Crippen molar-refractivity contribution in [2.24, 2.45) is 5.73 Å². The van der Waals surface area contributed by atoms with Gasteiger partial charge in [-0.15, -0.1) is 0 Å². The Morgan fingerprint density at radius 1 is 1.27 bits per heavy atom. The van der Waals surface area contributed by atoms with Gasteiger partial charge in [0.05, 0.1) is 6.61 Å². The Morgan fingerprint density at radius 3 is 2.80 bits per heavy atom. The molecule has 0 amide bonds. The first-order valence-corrected chi connectivity index (χ1v) is 6.52. The molecule has 0 saturated carbocycles. The molecule has 0 atom stereocenters. The molecule has 0 unspecified atom stereocenters. The van der Waals surface area contributed by atoms with Crippen molar-refractivity contribution in [1.82, 2.24) is 0 Å². The van der Waals surface area contributed by atoms with Crippen LogP contribution in [0.5, 0.6) is 5.75 Å². The average Bonchev–Trinajstić information content (AvgIpc) is 2.29. The number of hydrogen-bond donors (Lipinski definition) is 1. The second-order valence-corrected chi connectivity index (χ2v) is 4.50. The molecule has 0 aliphatic carbocycles. The van der Waals surface area contributed by atoms with Gasteiger partial charge >= 0.3 is 0 Å². The molecule has 0 fully saturated rings. The van der Waals surface area contributed by atoms with Gasteiger partial charge in [0.1, 0.15) is 5.75 Å². The third-order valence-electron chi connectivity index (χ3n) is 2.03. The van der Waals surface area contributed by atoms with Crippen LogP contribution in [-0.2, 0) is 6.54 Å². The van der Waals surface area contributed by atoms with E-state index in [0.717, 1.165) is 23.7 Å². The summed E-state index contributed by atoms with van der Waals surface area (Å²) in [4.78, 5) is 0. The molecular weight excluding hydrogens is 206 g/mol. The van der Waals surface area contributed by atoms with Crippen molar-refractivity contribution in [3.63, 3.8) is 0 Å². The van der Waals surface area contributed by atoms with Crippen molar-refractivity contribution < 1.29 is 4.74 Å². The lowest BCUT2D eigenvalue weighted by Crippen LogP contribution is -2.05. The lowest BCUT2D eigenvalue weighted by atomic mass is 10.2. The topological polar surface area (TPSA) is 35.2 Å². The molecule has 0 heterocycles. The number of nitrogens with two attached hydrogens (primary N) is 1. The van der Waals surface area contributed by atoms with Crippen molar-refractivity contribution in [3.8, 4) is 5.75 Å². The van der Waals surface area contributed by atoms with Gasteiger partial charge in [-0.05, 0) is 18.2 Å². The Bertz CT molecular complexity index is 278. The van der Waals surface area contributed by atoms with E-state index in [1.165, 1.54) is 12.2 Å². The van der Waals surface area contributed by atoms with Crippen molar-refractivity contribution in [3.05, 3.63) is 29.8 Å². The Labute approximate surface area is 96.2 Å². The van der Waals surface area contributed by atoms with E-state index in [9.17, 15) is 0 Å². The highest BCUT2D eigenvalue weighted by molar-refractivity contribution is 7.99. The maximum Gasteiger partial charge on any atom is 0.123 e. The third kappa shape index (κ3) is 4.58. The zero-order chi connectivity index (χ0) is 10.9. The van der Waals surface area contributed by atoms with E-state index in [4.69, 9.17) is 10.5 Å². The predicted molar refractivity (Wildman–Crippen MR) is 67.4 cm³/mol. The number of thioether (sulfide) groups is 1. The highest BCUT2D eigenvalue weighted by Crippen LogP contribution is 2.17. The first-order chi connectivity index (χ1) is 7.38. The lowest BCUT2D eigenvalue weighted by Gasteiger charge is -2.09. The Kier molecular flexibility index (Phi) is 6.28. The van der Waals surface area contributed by atoms with Crippen LogP contribution in [0.15, 0.2) is 24.3 Å². The number of hydrogen-bond acceptors (Lipinski definition) is 3. The summed E-state index contributed by atoms with van der Waals surface area (Å²) >= 11 is 1.93. The smallest absolute Gasteiger partial charge is 0.123 e. The van der Waals surface area contributed by atoms with Crippen molar-refractivity contribution in [2.75, 3.05) is 18.1 Å². The molecule has 0 aromatic heterocycles. The quantitative estimate of drug-likeness (QED) is 0.725. The number of para-hydroxylation sites is 1. The van der Waals surface area contributed by atoms with E-state index >= 15 is 0 Å². The fraction of sp³-hybridized carbons (Fsp3) is 0.500. The Hall–Kier alpha value is -0.670. The molecule has 0 aliphatic rings. The van der Waals surface area contributed by atoms with Crippen molar-refractivity contribution >= 4 is 11.8 Å². The highest BCUT2D eigenvalue weighted by atomic mass is 32.2. The van der Waals surface area contributed by atoms with Crippen LogP contribution in [0, 0.1) is 0 Å². The summed E-state index contributed by atoms with van der Waals surface area (Å²) in [6.45, 7) is 3.50. The molecule has 1 aromatic carbocycles. The van der Waals surface area contributed by atoms with Gasteiger partial charge in [-0.3, -0.25) is 0 Å². The standard InChI is InChI=1S/C12H19NOS/c1-2-8-15-9-7-14-12-6-4-3-5-11(12)10-13/h3-6H,2,7-10,13H2,1H3.